The molecule has 6 aromatic rings. The summed E-state index contributed by atoms with van der Waals surface area (Å²) in [5.41, 5.74) is 11.9. The first-order chi connectivity index (χ1) is 19.8. The molecule has 0 saturated heterocycles. The molecule has 0 heterocycles. The third kappa shape index (κ3) is 1.86. The maximum atomic E-state index is 2.48. The Morgan fingerprint density at radius 3 is 1.50 bits per heavy atom. The lowest BCUT2D eigenvalue weighted by atomic mass is 9.49. The highest BCUT2D eigenvalue weighted by Crippen LogP contribution is 2.64. The van der Waals surface area contributed by atoms with Crippen LogP contribution < -0.4 is 5.22 Å². The lowest BCUT2D eigenvalue weighted by Crippen LogP contribution is -2.48. The molecule has 40 heavy (non-hydrogen) atoms. The zero-order chi connectivity index (χ0) is 25.8. The highest BCUT2D eigenvalue weighted by atomic mass is 14.6. The standard InChI is InChI=1S/C40H22/c1-2-10-24-23(9-1)26-13-15-29-30-16-14-28-25-11-3-4-12-31(25)37-35(28)36(30)38(32-18-17-27(24)33(26)34(29)32)40-21-7-5-19-39(37,40)20-6-8-22-40/h1-22H. The summed E-state index contributed by atoms with van der Waals surface area (Å²) in [6.45, 7) is 0. The third-order valence-corrected chi connectivity index (χ3v) is 10.6. The second kappa shape index (κ2) is 6.27. The summed E-state index contributed by atoms with van der Waals surface area (Å²) in [6.07, 6.45) is 19.0. The van der Waals surface area contributed by atoms with Gasteiger partial charge in [0.05, 0.1) is 0 Å². The quantitative estimate of drug-likeness (QED) is 0.143. The van der Waals surface area contributed by atoms with Gasteiger partial charge in [0.1, 0.15) is 0 Å². The van der Waals surface area contributed by atoms with Crippen molar-refractivity contribution in [1.29, 1.82) is 0 Å². The molecule has 0 aliphatic heterocycles. The molecule has 0 heteroatoms. The van der Waals surface area contributed by atoms with Gasteiger partial charge in [-0.1, -0.05) is 134 Å². The van der Waals surface area contributed by atoms with Gasteiger partial charge in [0.25, 0.3) is 0 Å². The molecule has 0 unspecified atom stereocenters. The lowest BCUT2D eigenvalue weighted by Gasteiger charge is -2.51. The topological polar surface area (TPSA) is 0 Å². The Kier molecular flexibility index (Phi) is 3.14. The number of hydrogen-bond acceptors (Lipinski definition) is 0. The fourth-order valence-electron chi connectivity index (χ4n) is 9.20. The van der Waals surface area contributed by atoms with Crippen molar-refractivity contribution < 1.29 is 0 Å². The van der Waals surface area contributed by atoms with Crippen molar-refractivity contribution in [3.8, 4) is 33.4 Å². The second-order valence-corrected chi connectivity index (χ2v) is 12.0. The fraction of sp³-hybridized carbons (Fsp3) is 0.0500. The van der Waals surface area contributed by atoms with E-state index in [9.17, 15) is 0 Å². The molecule has 0 spiro atoms. The van der Waals surface area contributed by atoms with E-state index in [1.807, 2.05) is 0 Å². The predicted octanol–water partition coefficient (Wildman–Crippen LogP) is 9.18. The van der Waals surface area contributed by atoms with Crippen LogP contribution >= 0.6 is 0 Å². The minimum Gasteiger partial charge on any atom is -0.0686 e. The molecule has 6 aromatic carbocycles. The zero-order valence-electron chi connectivity index (χ0n) is 21.7. The van der Waals surface area contributed by atoms with Gasteiger partial charge in [0.2, 0.25) is 0 Å². The van der Waals surface area contributed by atoms with E-state index < -0.39 is 0 Å². The van der Waals surface area contributed by atoms with E-state index in [1.165, 1.54) is 87.6 Å². The van der Waals surface area contributed by atoms with Crippen LogP contribution in [-0.4, -0.2) is 0 Å². The van der Waals surface area contributed by atoms with Crippen molar-refractivity contribution in [2.45, 2.75) is 5.41 Å². The normalized spacial score (nSPS) is 23.2. The molecule has 5 aliphatic rings. The summed E-state index contributed by atoms with van der Waals surface area (Å²) in [6, 6.07) is 32.4. The van der Waals surface area contributed by atoms with Crippen molar-refractivity contribution >= 4 is 37.9 Å². The average Bonchev–Trinajstić information content (AvgIpc) is 3.54. The first-order valence-electron chi connectivity index (χ1n) is 14.3. The van der Waals surface area contributed by atoms with Crippen molar-refractivity contribution in [2.24, 2.45) is 5.41 Å². The molecule has 0 nitrogen and oxygen atoms in total. The van der Waals surface area contributed by atoms with Crippen molar-refractivity contribution in [3.05, 3.63) is 150 Å². The van der Waals surface area contributed by atoms with Crippen LogP contribution in [0, 0.1) is 5.41 Å². The van der Waals surface area contributed by atoms with Gasteiger partial charge >= 0.3 is 0 Å². The lowest BCUT2D eigenvalue weighted by molar-refractivity contribution is 0.450. The first-order valence-corrected chi connectivity index (χ1v) is 14.3. The van der Waals surface area contributed by atoms with Gasteiger partial charge in [-0.15, -0.1) is 0 Å². The Balaban J connectivity index is 1.47. The van der Waals surface area contributed by atoms with Crippen LogP contribution in [0.3, 0.4) is 0 Å². The highest BCUT2D eigenvalue weighted by Gasteiger charge is 2.56. The molecule has 0 saturated carbocycles. The van der Waals surface area contributed by atoms with Crippen LogP contribution in [0.4, 0.5) is 0 Å². The van der Waals surface area contributed by atoms with Gasteiger partial charge < -0.3 is 0 Å². The highest BCUT2D eigenvalue weighted by molar-refractivity contribution is 6.32. The predicted molar refractivity (Wildman–Crippen MR) is 167 cm³/mol. The molecule has 0 atom stereocenters. The largest absolute Gasteiger partial charge is 0.0686 e. The number of hydrogen-bond donors (Lipinski definition) is 0. The molecule has 11 rings (SSSR count). The number of fused-ring (bicyclic) bond motifs is 8. The molecule has 0 N–H and O–H groups in total. The Bertz CT molecular complexity index is 2370. The van der Waals surface area contributed by atoms with Gasteiger partial charge in [0.15, 0.2) is 0 Å². The molecular weight excluding hydrogens is 480 g/mol. The van der Waals surface area contributed by atoms with E-state index in [1.54, 1.807) is 0 Å². The summed E-state index contributed by atoms with van der Waals surface area (Å²) >= 11 is 0. The number of benzene rings is 6. The van der Waals surface area contributed by atoms with Gasteiger partial charge in [-0.25, -0.2) is 0 Å². The Hall–Kier alpha value is -4.94. The van der Waals surface area contributed by atoms with E-state index in [-0.39, 0.29) is 10.8 Å². The zero-order valence-corrected chi connectivity index (χ0v) is 21.7. The molecule has 0 aromatic heterocycles. The van der Waals surface area contributed by atoms with Crippen LogP contribution in [0.15, 0.2) is 134 Å². The summed E-state index contributed by atoms with van der Waals surface area (Å²) in [7, 11) is 0. The van der Waals surface area contributed by atoms with Gasteiger partial charge in [-0.2, -0.15) is 0 Å². The first kappa shape index (κ1) is 20.0. The van der Waals surface area contributed by atoms with E-state index in [4.69, 9.17) is 0 Å². The second-order valence-electron chi connectivity index (χ2n) is 12.0. The third-order valence-electron chi connectivity index (χ3n) is 10.6. The number of allylic oxidation sites excluding steroid dienone is 8. The van der Waals surface area contributed by atoms with Crippen LogP contribution in [-0.2, 0) is 5.41 Å². The summed E-state index contributed by atoms with van der Waals surface area (Å²) in [5.74, 6) is 0. The van der Waals surface area contributed by atoms with Crippen molar-refractivity contribution in [2.75, 3.05) is 0 Å². The molecule has 182 valence electrons. The van der Waals surface area contributed by atoms with Crippen molar-refractivity contribution in [1.82, 2.24) is 0 Å². The Morgan fingerprint density at radius 1 is 0.350 bits per heavy atom. The minimum absolute atomic E-state index is 0.276. The summed E-state index contributed by atoms with van der Waals surface area (Å²) < 4.78 is 0. The van der Waals surface area contributed by atoms with Gasteiger partial charge in [-0.05, 0) is 87.6 Å². The maximum Gasteiger partial charge on any atom is 0.0498 e. The molecule has 0 fully saturated rings. The van der Waals surface area contributed by atoms with Crippen molar-refractivity contribution in [3.63, 3.8) is 0 Å². The van der Waals surface area contributed by atoms with E-state index in [0.29, 0.717) is 0 Å². The summed E-state index contributed by atoms with van der Waals surface area (Å²) in [5, 5.41) is 9.85. The molecular formula is C40H22. The SMILES string of the molecule is C1=CC23C=CC=CC2(C=C1)c1c2ccc4c5c(ccc(c6ccc7c(c16)=C3c1ccccc1-7)c25)-c1ccccc1-4. The average molecular weight is 503 g/mol. The van der Waals surface area contributed by atoms with E-state index in [2.05, 4.69) is 134 Å². The monoisotopic (exact) mass is 502 g/mol. The Labute approximate surface area is 231 Å². The Morgan fingerprint density at radius 2 is 0.850 bits per heavy atom. The molecule has 5 aliphatic carbocycles. The van der Waals surface area contributed by atoms with E-state index in [0.717, 1.165) is 0 Å². The number of rotatable bonds is 0. The molecule has 0 bridgehead atoms. The minimum atomic E-state index is -0.299. The van der Waals surface area contributed by atoms with E-state index >= 15 is 0 Å². The molecule has 0 amide bonds. The van der Waals surface area contributed by atoms with Crippen LogP contribution in [0.25, 0.3) is 71.3 Å². The summed E-state index contributed by atoms with van der Waals surface area (Å²) in [4.78, 5) is 0. The maximum absolute atomic E-state index is 2.48. The van der Waals surface area contributed by atoms with Crippen LogP contribution in [0.1, 0.15) is 11.1 Å². The van der Waals surface area contributed by atoms with Crippen LogP contribution in [0.2, 0.25) is 0 Å². The smallest absolute Gasteiger partial charge is 0.0498 e. The van der Waals surface area contributed by atoms with Gasteiger partial charge in [0, 0.05) is 10.8 Å². The molecule has 0 radical (unpaired) electrons. The fourth-order valence-corrected chi connectivity index (χ4v) is 9.20. The van der Waals surface area contributed by atoms with Crippen LogP contribution in [0.5, 0.6) is 0 Å². The van der Waals surface area contributed by atoms with Gasteiger partial charge in [-0.3, -0.25) is 0 Å².